The Morgan fingerprint density at radius 2 is 1.85 bits per heavy atom. The number of hydrogen-bond acceptors (Lipinski definition) is 4. The molecule has 0 saturated carbocycles. The molecule has 0 N–H and O–H groups in total. The Morgan fingerprint density at radius 1 is 1.12 bits per heavy atom. The van der Waals surface area contributed by atoms with Gasteiger partial charge in [0.05, 0.1) is 6.61 Å². The van der Waals surface area contributed by atoms with Crippen molar-refractivity contribution in [3.63, 3.8) is 0 Å². The van der Waals surface area contributed by atoms with Gasteiger partial charge < -0.3 is 9.64 Å². The summed E-state index contributed by atoms with van der Waals surface area (Å²) in [7, 11) is 0. The van der Waals surface area contributed by atoms with Crippen LogP contribution in [-0.4, -0.2) is 23.1 Å². The van der Waals surface area contributed by atoms with E-state index in [0.29, 0.717) is 13.0 Å². The second kappa shape index (κ2) is 8.87. The van der Waals surface area contributed by atoms with E-state index in [1.165, 1.54) is 0 Å². The fourth-order valence-corrected chi connectivity index (χ4v) is 2.60. The zero-order valence-corrected chi connectivity index (χ0v) is 15.3. The van der Waals surface area contributed by atoms with Crippen LogP contribution in [0.2, 0.25) is 0 Å². The molecule has 0 unspecified atom stereocenters. The number of aryl methyl sites for hydroxylation is 1. The third-order valence-corrected chi connectivity index (χ3v) is 4.00. The van der Waals surface area contributed by atoms with Gasteiger partial charge in [-0.1, -0.05) is 38.0 Å². The molecule has 2 rings (SSSR count). The lowest BCUT2D eigenvalue weighted by Gasteiger charge is -2.24. The number of aromatic nitrogens is 2. The van der Waals surface area contributed by atoms with Crippen LogP contribution in [0.5, 0.6) is 5.88 Å². The average Bonchev–Trinajstić information content (AvgIpc) is 2.60. The quantitative estimate of drug-likeness (QED) is 0.575. The molecule has 0 fully saturated rings. The second-order valence-electron chi connectivity index (χ2n) is 5.97. The van der Waals surface area contributed by atoms with Crippen molar-refractivity contribution in [3.05, 3.63) is 41.6 Å². The number of para-hydroxylation sites is 1. The van der Waals surface area contributed by atoms with Gasteiger partial charge in [-0.25, -0.2) is 4.98 Å². The van der Waals surface area contributed by atoms with Gasteiger partial charge in [-0.2, -0.15) is 18.2 Å². The molecule has 0 aliphatic carbocycles. The van der Waals surface area contributed by atoms with E-state index < -0.39 is 17.6 Å². The zero-order valence-electron chi connectivity index (χ0n) is 15.3. The summed E-state index contributed by atoms with van der Waals surface area (Å²) in [5.41, 5.74) is 0.897. The van der Waals surface area contributed by atoms with Crippen molar-refractivity contribution in [1.29, 1.82) is 0 Å². The Kier molecular flexibility index (Phi) is 6.83. The Labute approximate surface area is 152 Å². The van der Waals surface area contributed by atoms with Crippen molar-refractivity contribution in [3.8, 4) is 5.88 Å². The van der Waals surface area contributed by atoms with Crippen molar-refractivity contribution in [2.75, 3.05) is 18.1 Å². The van der Waals surface area contributed by atoms with Crippen molar-refractivity contribution in [2.24, 2.45) is 0 Å². The molecular weight excluding hydrogens is 343 g/mol. The molecule has 0 spiro atoms. The lowest BCUT2D eigenvalue weighted by molar-refractivity contribution is -0.139. The molecule has 0 amide bonds. The van der Waals surface area contributed by atoms with Crippen LogP contribution >= 0.6 is 0 Å². The minimum absolute atomic E-state index is 0.195. The van der Waals surface area contributed by atoms with Crippen LogP contribution in [0, 0.1) is 6.92 Å². The highest BCUT2D eigenvalue weighted by atomic mass is 19.4. The molecule has 2 aromatic rings. The first kappa shape index (κ1) is 20.0. The van der Waals surface area contributed by atoms with Gasteiger partial charge in [0.15, 0.2) is 0 Å². The molecule has 0 aliphatic heterocycles. The van der Waals surface area contributed by atoms with Gasteiger partial charge in [-0.3, -0.25) is 0 Å². The smallest absolute Gasteiger partial charge is 0.423 e. The van der Waals surface area contributed by atoms with Gasteiger partial charge in [0.1, 0.15) is 5.56 Å². The van der Waals surface area contributed by atoms with Crippen LogP contribution in [0.3, 0.4) is 0 Å². The lowest BCUT2D eigenvalue weighted by Crippen LogP contribution is -2.21. The largest absolute Gasteiger partial charge is 0.477 e. The molecule has 26 heavy (non-hydrogen) atoms. The van der Waals surface area contributed by atoms with Gasteiger partial charge in [0.2, 0.25) is 11.8 Å². The fraction of sp³-hybridized carbons (Fsp3) is 0.474. The molecule has 0 radical (unpaired) electrons. The summed E-state index contributed by atoms with van der Waals surface area (Å²) < 4.78 is 45.1. The zero-order chi connectivity index (χ0) is 19.2. The molecule has 4 nitrogen and oxygen atoms in total. The average molecular weight is 367 g/mol. The SMILES string of the molecule is CCCCCOc1nc(N(CC)c2ccccc2C)ncc1C(F)(F)F. The maximum absolute atomic E-state index is 13.3. The van der Waals surface area contributed by atoms with Crippen LogP contribution in [0.4, 0.5) is 24.8 Å². The van der Waals surface area contributed by atoms with Crippen molar-refractivity contribution in [1.82, 2.24) is 9.97 Å². The molecule has 0 aliphatic rings. The number of hydrogen-bond donors (Lipinski definition) is 0. The number of unbranched alkanes of at least 4 members (excludes halogenated alkanes) is 2. The number of benzene rings is 1. The normalized spacial score (nSPS) is 11.5. The molecule has 0 bridgehead atoms. The summed E-state index contributed by atoms with van der Waals surface area (Å²) in [6, 6.07) is 7.60. The van der Waals surface area contributed by atoms with Gasteiger partial charge in [-0.05, 0) is 31.9 Å². The van der Waals surface area contributed by atoms with Crippen LogP contribution in [0.1, 0.15) is 44.2 Å². The minimum atomic E-state index is -4.56. The molecule has 0 atom stereocenters. The highest BCUT2D eigenvalue weighted by molar-refractivity contribution is 5.61. The lowest BCUT2D eigenvalue weighted by atomic mass is 10.2. The van der Waals surface area contributed by atoms with Gasteiger partial charge in [0, 0.05) is 18.4 Å². The fourth-order valence-electron chi connectivity index (χ4n) is 2.60. The molecule has 1 aromatic carbocycles. The van der Waals surface area contributed by atoms with E-state index in [4.69, 9.17) is 4.74 Å². The molecule has 7 heteroatoms. The first-order valence-corrected chi connectivity index (χ1v) is 8.78. The number of rotatable bonds is 8. The maximum atomic E-state index is 13.3. The van der Waals surface area contributed by atoms with Crippen LogP contribution < -0.4 is 9.64 Å². The van der Waals surface area contributed by atoms with Crippen LogP contribution in [-0.2, 0) is 6.18 Å². The van der Waals surface area contributed by atoms with Gasteiger partial charge in [0.25, 0.3) is 0 Å². The molecule has 1 aromatic heterocycles. The van der Waals surface area contributed by atoms with E-state index in [0.717, 1.165) is 30.3 Å². The monoisotopic (exact) mass is 367 g/mol. The highest BCUT2D eigenvalue weighted by Gasteiger charge is 2.36. The van der Waals surface area contributed by atoms with Gasteiger partial charge in [-0.15, -0.1) is 0 Å². The van der Waals surface area contributed by atoms with Crippen molar-refractivity contribution in [2.45, 2.75) is 46.2 Å². The summed E-state index contributed by atoms with van der Waals surface area (Å²) >= 11 is 0. The summed E-state index contributed by atoms with van der Waals surface area (Å²) in [6.07, 6.45) is -1.22. The standard InChI is InChI=1S/C19H24F3N3O/c1-4-6-9-12-26-17-15(19(20,21)22)13-23-18(24-17)25(5-2)16-11-8-7-10-14(16)3/h7-8,10-11,13H,4-6,9,12H2,1-3H3. The first-order valence-electron chi connectivity index (χ1n) is 8.78. The van der Waals surface area contributed by atoms with Crippen molar-refractivity contribution >= 4 is 11.6 Å². The number of halogens is 3. The van der Waals surface area contributed by atoms with E-state index in [1.807, 2.05) is 45.0 Å². The third kappa shape index (κ3) is 4.86. The Hall–Kier alpha value is -2.31. The third-order valence-electron chi connectivity index (χ3n) is 4.00. The topological polar surface area (TPSA) is 38.2 Å². The summed E-state index contributed by atoms with van der Waals surface area (Å²) in [5.74, 6) is -0.217. The Bertz CT molecular complexity index is 719. The minimum Gasteiger partial charge on any atom is -0.477 e. The van der Waals surface area contributed by atoms with E-state index in [9.17, 15) is 13.2 Å². The number of alkyl halides is 3. The molecule has 1 heterocycles. The maximum Gasteiger partial charge on any atom is 0.423 e. The Morgan fingerprint density at radius 3 is 2.46 bits per heavy atom. The molecule has 142 valence electrons. The summed E-state index contributed by atoms with van der Waals surface area (Å²) in [4.78, 5) is 9.82. The van der Waals surface area contributed by atoms with Gasteiger partial charge >= 0.3 is 6.18 Å². The Balaban J connectivity index is 2.38. The van der Waals surface area contributed by atoms with Crippen LogP contribution in [0.15, 0.2) is 30.5 Å². The summed E-state index contributed by atoms with van der Waals surface area (Å²) in [6.45, 7) is 6.57. The van der Waals surface area contributed by atoms with Crippen LogP contribution in [0.25, 0.3) is 0 Å². The van der Waals surface area contributed by atoms with E-state index >= 15 is 0 Å². The van der Waals surface area contributed by atoms with Crippen molar-refractivity contribution < 1.29 is 17.9 Å². The number of anilines is 2. The van der Waals surface area contributed by atoms with E-state index in [1.54, 1.807) is 4.90 Å². The molecule has 0 saturated heterocycles. The summed E-state index contributed by atoms with van der Waals surface area (Å²) in [5, 5.41) is 0. The highest BCUT2D eigenvalue weighted by Crippen LogP contribution is 2.36. The second-order valence-corrected chi connectivity index (χ2v) is 5.97. The van der Waals surface area contributed by atoms with E-state index in [-0.39, 0.29) is 12.6 Å². The number of nitrogens with zero attached hydrogens (tertiary/aromatic N) is 3. The number of ether oxygens (including phenoxy) is 1. The van der Waals surface area contributed by atoms with E-state index in [2.05, 4.69) is 9.97 Å². The molecular formula is C19H24F3N3O. The first-order chi connectivity index (χ1) is 12.4. The predicted octanol–water partition coefficient (Wildman–Crippen LogP) is 5.53. The predicted molar refractivity (Wildman–Crippen MR) is 95.9 cm³/mol.